The number of likely N-dealkylation sites (tertiary alicyclic amines) is 1. The molecule has 0 saturated carbocycles. The average molecular weight is 429 g/mol. The summed E-state index contributed by atoms with van der Waals surface area (Å²) >= 11 is 6.05. The van der Waals surface area contributed by atoms with E-state index in [4.69, 9.17) is 25.6 Å². The molecule has 1 saturated heterocycles. The van der Waals surface area contributed by atoms with E-state index >= 15 is 0 Å². The largest absolute Gasteiger partial charge is 0.497 e. The van der Waals surface area contributed by atoms with Crippen LogP contribution in [0.4, 0.5) is 0 Å². The first kappa shape index (κ1) is 20.8. The number of halogens is 1. The monoisotopic (exact) mass is 428 g/mol. The molecule has 2 aromatic carbocycles. The van der Waals surface area contributed by atoms with Crippen LogP contribution >= 0.6 is 11.6 Å². The van der Waals surface area contributed by atoms with Crippen LogP contribution in [-0.4, -0.2) is 48.9 Å². The summed E-state index contributed by atoms with van der Waals surface area (Å²) in [5.41, 5.74) is 2.27. The summed E-state index contributed by atoms with van der Waals surface area (Å²) < 4.78 is 16.6. The zero-order valence-corrected chi connectivity index (χ0v) is 17.9. The van der Waals surface area contributed by atoms with Gasteiger partial charge in [0, 0.05) is 47.7 Å². The maximum Gasteiger partial charge on any atom is 0.206 e. The van der Waals surface area contributed by atoms with Crippen LogP contribution in [0.15, 0.2) is 47.0 Å². The van der Waals surface area contributed by atoms with E-state index in [0.29, 0.717) is 28.5 Å². The highest BCUT2D eigenvalue weighted by atomic mass is 35.5. The van der Waals surface area contributed by atoms with Gasteiger partial charge >= 0.3 is 0 Å². The number of nitrogens with zero attached hydrogens (tertiary/aromatic N) is 2. The molecular weight excluding hydrogens is 404 g/mol. The molecule has 158 valence electrons. The molecular formula is C23H25ClN2O4. The van der Waals surface area contributed by atoms with E-state index in [9.17, 15) is 4.79 Å². The molecule has 0 radical (unpaired) electrons. The minimum absolute atomic E-state index is 0.0456. The maximum absolute atomic E-state index is 13.2. The van der Waals surface area contributed by atoms with Crippen LogP contribution in [0.5, 0.6) is 5.75 Å². The first-order valence-electron chi connectivity index (χ1n) is 10.2. The van der Waals surface area contributed by atoms with E-state index in [0.717, 1.165) is 37.0 Å². The van der Waals surface area contributed by atoms with Crippen molar-refractivity contribution in [3.63, 3.8) is 0 Å². The highest BCUT2D eigenvalue weighted by Gasteiger charge is 2.33. The highest BCUT2D eigenvalue weighted by molar-refractivity contribution is 6.31. The average Bonchev–Trinajstić information content (AvgIpc) is 3.20. The number of carbonyl (C=O) groups excluding carboxylic acids is 1. The maximum atomic E-state index is 13.2. The lowest BCUT2D eigenvalue weighted by Crippen LogP contribution is -2.47. The molecule has 0 amide bonds. The smallest absolute Gasteiger partial charge is 0.206 e. The summed E-state index contributed by atoms with van der Waals surface area (Å²) in [6.45, 7) is 3.86. The number of rotatable bonds is 7. The molecule has 1 unspecified atom stereocenters. The van der Waals surface area contributed by atoms with Gasteiger partial charge in [-0.05, 0) is 44.0 Å². The fraction of sp³-hybridized carbons (Fsp3) is 0.391. The van der Waals surface area contributed by atoms with Crippen molar-refractivity contribution in [2.24, 2.45) is 0 Å². The Morgan fingerprint density at radius 2 is 2.07 bits per heavy atom. The van der Waals surface area contributed by atoms with Gasteiger partial charge in [-0.1, -0.05) is 28.9 Å². The second-order valence-corrected chi connectivity index (χ2v) is 7.86. The number of piperidine rings is 1. The van der Waals surface area contributed by atoms with Gasteiger partial charge in [-0.25, -0.2) is 0 Å². The Labute approximate surface area is 180 Å². The summed E-state index contributed by atoms with van der Waals surface area (Å²) in [6, 6.07) is 12.8. The molecule has 1 fully saturated rings. The lowest BCUT2D eigenvalue weighted by atomic mass is 9.91. The van der Waals surface area contributed by atoms with E-state index in [-0.39, 0.29) is 11.7 Å². The number of aromatic nitrogens is 1. The molecule has 1 aliphatic heterocycles. The van der Waals surface area contributed by atoms with Crippen LogP contribution in [0.25, 0.3) is 11.0 Å². The van der Waals surface area contributed by atoms with Crippen LogP contribution in [0.3, 0.4) is 0 Å². The Morgan fingerprint density at radius 3 is 2.80 bits per heavy atom. The molecule has 0 bridgehead atoms. The number of ether oxygens (including phenoxy) is 2. The van der Waals surface area contributed by atoms with Gasteiger partial charge in [-0.3, -0.25) is 9.69 Å². The molecule has 0 aliphatic carbocycles. The van der Waals surface area contributed by atoms with Crippen molar-refractivity contribution in [2.45, 2.75) is 31.9 Å². The van der Waals surface area contributed by atoms with E-state index in [1.54, 1.807) is 25.3 Å². The predicted molar refractivity (Wildman–Crippen MR) is 115 cm³/mol. The molecule has 1 aromatic heterocycles. The van der Waals surface area contributed by atoms with Gasteiger partial charge in [0.15, 0.2) is 11.8 Å². The number of hydrogen-bond donors (Lipinski definition) is 0. The van der Waals surface area contributed by atoms with Crippen molar-refractivity contribution >= 4 is 28.4 Å². The third-order valence-electron chi connectivity index (χ3n) is 5.61. The second kappa shape index (κ2) is 9.16. The Morgan fingerprint density at radius 1 is 1.27 bits per heavy atom. The SMILES string of the molecule is CCOC(C(=O)c1cccc(OC)c1)N1CCC(c2noc3cc(Cl)ccc23)CC1. The van der Waals surface area contributed by atoms with Crippen LogP contribution in [-0.2, 0) is 4.74 Å². The molecule has 7 heteroatoms. The summed E-state index contributed by atoms with van der Waals surface area (Å²) in [7, 11) is 1.59. The predicted octanol–water partition coefficient (Wildman–Crippen LogP) is 4.91. The Kier molecular flexibility index (Phi) is 6.37. The van der Waals surface area contributed by atoms with Crippen LogP contribution < -0.4 is 4.74 Å². The minimum Gasteiger partial charge on any atom is -0.497 e. The van der Waals surface area contributed by atoms with Gasteiger partial charge in [0.2, 0.25) is 5.78 Å². The number of methoxy groups -OCH3 is 1. The molecule has 2 heterocycles. The number of fused-ring (bicyclic) bond motifs is 1. The third kappa shape index (κ3) is 4.21. The molecule has 1 atom stereocenters. The number of ketones is 1. The Balaban J connectivity index is 1.48. The molecule has 3 aromatic rings. The molecule has 4 rings (SSSR count). The summed E-state index contributed by atoms with van der Waals surface area (Å²) in [5, 5.41) is 5.94. The zero-order valence-electron chi connectivity index (χ0n) is 17.1. The van der Waals surface area contributed by atoms with Gasteiger partial charge in [0.1, 0.15) is 5.75 Å². The standard InChI is InChI=1S/C23H25ClN2O4/c1-3-29-23(22(27)16-5-4-6-18(13-16)28-2)26-11-9-15(10-12-26)21-19-8-7-17(24)14-20(19)30-25-21/h4-8,13-15,23H,3,9-12H2,1-2H3. The molecule has 0 spiro atoms. The quantitative estimate of drug-likeness (QED) is 0.498. The van der Waals surface area contributed by atoms with Gasteiger partial charge in [-0.15, -0.1) is 0 Å². The van der Waals surface area contributed by atoms with Gasteiger partial charge in [0.25, 0.3) is 0 Å². The van der Waals surface area contributed by atoms with Gasteiger partial charge in [0.05, 0.1) is 12.8 Å². The van der Waals surface area contributed by atoms with Crippen molar-refractivity contribution in [1.29, 1.82) is 0 Å². The normalized spacial score (nSPS) is 16.6. The number of carbonyl (C=O) groups is 1. The molecule has 1 aliphatic rings. The van der Waals surface area contributed by atoms with Gasteiger partial charge in [-0.2, -0.15) is 0 Å². The second-order valence-electron chi connectivity index (χ2n) is 7.42. The van der Waals surface area contributed by atoms with Crippen LogP contribution in [0.1, 0.15) is 41.7 Å². The summed E-state index contributed by atoms with van der Waals surface area (Å²) in [4.78, 5) is 15.3. The fourth-order valence-corrected chi connectivity index (χ4v) is 4.22. The fourth-order valence-electron chi connectivity index (χ4n) is 4.06. The summed E-state index contributed by atoms with van der Waals surface area (Å²) in [5.74, 6) is 0.890. The molecule has 6 nitrogen and oxygen atoms in total. The number of benzene rings is 2. The number of Topliss-reactive ketones (excluding diaryl/α,β-unsaturated/α-hetero) is 1. The van der Waals surface area contributed by atoms with Crippen molar-refractivity contribution < 1.29 is 18.8 Å². The topological polar surface area (TPSA) is 64.8 Å². The first-order valence-corrected chi connectivity index (χ1v) is 10.6. The third-order valence-corrected chi connectivity index (χ3v) is 5.85. The van der Waals surface area contributed by atoms with Crippen molar-refractivity contribution in [1.82, 2.24) is 10.1 Å². The zero-order chi connectivity index (χ0) is 21.1. The van der Waals surface area contributed by atoms with E-state index in [2.05, 4.69) is 10.1 Å². The molecule has 0 N–H and O–H groups in total. The summed E-state index contributed by atoms with van der Waals surface area (Å²) in [6.07, 6.45) is 1.15. The highest BCUT2D eigenvalue weighted by Crippen LogP contribution is 2.34. The van der Waals surface area contributed by atoms with E-state index in [1.165, 1.54) is 0 Å². The first-order chi connectivity index (χ1) is 14.6. The van der Waals surface area contributed by atoms with Crippen molar-refractivity contribution in [2.75, 3.05) is 26.8 Å². The lowest BCUT2D eigenvalue weighted by Gasteiger charge is -2.36. The Hall–Kier alpha value is -2.41. The Bertz CT molecular complexity index is 1030. The van der Waals surface area contributed by atoms with Crippen molar-refractivity contribution in [3.8, 4) is 5.75 Å². The van der Waals surface area contributed by atoms with Crippen LogP contribution in [0.2, 0.25) is 5.02 Å². The number of hydrogen-bond acceptors (Lipinski definition) is 6. The van der Waals surface area contributed by atoms with Crippen LogP contribution in [0, 0.1) is 0 Å². The van der Waals surface area contributed by atoms with Gasteiger partial charge < -0.3 is 14.0 Å². The van der Waals surface area contributed by atoms with E-state index < -0.39 is 6.23 Å². The molecule has 30 heavy (non-hydrogen) atoms. The lowest BCUT2D eigenvalue weighted by molar-refractivity contribution is -0.0441. The van der Waals surface area contributed by atoms with Crippen molar-refractivity contribution in [3.05, 3.63) is 58.7 Å². The minimum atomic E-state index is -0.601. The van der Waals surface area contributed by atoms with E-state index in [1.807, 2.05) is 31.2 Å².